The van der Waals surface area contributed by atoms with Crippen LogP contribution in [-0.4, -0.2) is 6.04 Å². The third kappa shape index (κ3) is 3.02. The molecule has 2 aliphatic carbocycles. The molecule has 0 radical (unpaired) electrons. The topological polar surface area (TPSA) is 26.0 Å². The molecule has 2 N–H and O–H groups in total. The van der Waals surface area contributed by atoms with Crippen molar-refractivity contribution < 1.29 is 0 Å². The van der Waals surface area contributed by atoms with Crippen molar-refractivity contribution in [1.29, 1.82) is 0 Å². The first-order valence-corrected chi connectivity index (χ1v) is 6.91. The monoisotopic (exact) mass is 243 g/mol. The van der Waals surface area contributed by atoms with Crippen molar-refractivity contribution in [1.82, 2.24) is 0 Å². The van der Waals surface area contributed by atoms with E-state index in [2.05, 4.69) is 45.6 Å². The van der Waals surface area contributed by atoms with E-state index in [-0.39, 0.29) is 6.04 Å². The van der Waals surface area contributed by atoms with E-state index < -0.39 is 0 Å². The fraction of sp³-hybridized carbons (Fsp3) is 0.529. The zero-order valence-electron chi connectivity index (χ0n) is 11.9. The average molecular weight is 243 g/mol. The van der Waals surface area contributed by atoms with E-state index in [0.717, 1.165) is 25.7 Å². The van der Waals surface area contributed by atoms with E-state index in [1.54, 1.807) is 0 Å². The molecule has 18 heavy (non-hydrogen) atoms. The molecule has 1 heteroatoms. The van der Waals surface area contributed by atoms with Gasteiger partial charge in [-0.05, 0) is 47.8 Å². The number of rotatable bonds is 2. The zero-order chi connectivity index (χ0) is 13.3. The van der Waals surface area contributed by atoms with Crippen LogP contribution >= 0.6 is 0 Å². The molecule has 0 aliphatic heterocycles. The summed E-state index contributed by atoms with van der Waals surface area (Å²) in [5, 5.41) is 0. The van der Waals surface area contributed by atoms with Gasteiger partial charge in [0.25, 0.3) is 0 Å². The van der Waals surface area contributed by atoms with Crippen LogP contribution in [0.25, 0.3) is 0 Å². The highest BCUT2D eigenvalue weighted by Crippen LogP contribution is 2.35. The minimum atomic E-state index is 0.239. The van der Waals surface area contributed by atoms with Gasteiger partial charge in [-0.15, -0.1) is 0 Å². The molecular formula is C17H25N. The molecule has 1 nitrogen and oxygen atoms in total. The molecule has 0 aromatic rings. The highest BCUT2D eigenvalue weighted by atomic mass is 14.6. The fourth-order valence-electron chi connectivity index (χ4n) is 2.82. The maximum Gasteiger partial charge on any atom is 0.0300 e. The van der Waals surface area contributed by atoms with Crippen LogP contribution in [-0.2, 0) is 0 Å². The highest BCUT2D eigenvalue weighted by molar-refractivity contribution is 5.48. The molecular weight excluding hydrogens is 218 g/mol. The normalized spacial score (nSPS) is 23.8. The number of hydrogen-bond acceptors (Lipinski definition) is 1. The minimum absolute atomic E-state index is 0.239. The summed E-state index contributed by atoms with van der Waals surface area (Å²) < 4.78 is 0. The van der Waals surface area contributed by atoms with Gasteiger partial charge in [0.15, 0.2) is 0 Å². The Morgan fingerprint density at radius 1 is 1.44 bits per heavy atom. The molecule has 2 aliphatic rings. The lowest BCUT2D eigenvalue weighted by atomic mass is 9.84. The summed E-state index contributed by atoms with van der Waals surface area (Å²) in [4.78, 5) is 0. The van der Waals surface area contributed by atoms with Gasteiger partial charge < -0.3 is 5.73 Å². The molecule has 0 saturated heterocycles. The van der Waals surface area contributed by atoms with E-state index in [1.165, 1.54) is 22.3 Å². The third-order valence-corrected chi connectivity index (χ3v) is 3.68. The van der Waals surface area contributed by atoms with Gasteiger partial charge in [-0.2, -0.15) is 0 Å². The molecule has 0 spiro atoms. The molecule has 0 aromatic carbocycles. The van der Waals surface area contributed by atoms with Crippen molar-refractivity contribution in [3.05, 3.63) is 47.1 Å². The molecule has 0 unspecified atom stereocenters. The van der Waals surface area contributed by atoms with E-state index in [4.69, 9.17) is 5.73 Å². The second-order valence-electron chi connectivity index (χ2n) is 6.74. The predicted octanol–water partition coefficient (Wildman–Crippen LogP) is 4.28. The van der Waals surface area contributed by atoms with Crippen LogP contribution in [0, 0.1) is 5.41 Å². The van der Waals surface area contributed by atoms with Crippen LogP contribution in [0.15, 0.2) is 47.1 Å². The van der Waals surface area contributed by atoms with Gasteiger partial charge in [-0.25, -0.2) is 0 Å². The standard InChI is InChI=1S/C17H25N/c1-12(11-17(2,3)4)13-6-5-7-15-14(10-13)8-9-16(15)18/h5,7,10,16H,1,6,8-9,11,18H2,2-4H3/t16-/m0/s1. The maximum atomic E-state index is 6.12. The summed E-state index contributed by atoms with van der Waals surface area (Å²) in [5.41, 5.74) is 11.9. The van der Waals surface area contributed by atoms with Crippen molar-refractivity contribution in [2.75, 3.05) is 0 Å². The smallest absolute Gasteiger partial charge is 0.0300 e. The van der Waals surface area contributed by atoms with Gasteiger partial charge in [-0.3, -0.25) is 0 Å². The molecule has 98 valence electrons. The second-order valence-corrected chi connectivity index (χ2v) is 6.74. The van der Waals surface area contributed by atoms with Gasteiger partial charge in [-0.1, -0.05) is 51.2 Å². The first-order chi connectivity index (χ1) is 8.37. The minimum Gasteiger partial charge on any atom is -0.324 e. The summed E-state index contributed by atoms with van der Waals surface area (Å²) in [6, 6.07) is 0.239. The Balaban J connectivity index is 2.21. The molecule has 2 rings (SSSR count). The average Bonchev–Trinajstić information content (AvgIpc) is 2.49. The van der Waals surface area contributed by atoms with E-state index in [1.807, 2.05) is 0 Å². The molecule has 1 atom stereocenters. The Kier molecular flexibility index (Phi) is 3.63. The van der Waals surface area contributed by atoms with Crippen LogP contribution in [0.5, 0.6) is 0 Å². The number of hydrogen-bond donors (Lipinski definition) is 1. The summed E-state index contributed by atoms with van der Waals surface area (Å²) in [6.07, 6.45) is 11.1. The first-order valence-electron chi connectivity index (χ1n) is 6.91. The van der Waals surface area contributed by atoms with Crippen LogP contribution < -0.4 is 5.73 Å². The zero-order valence-corrected chi connectivity index (χ0v) is 11.9. The Morgan fingerprint density at radius 3 is 2.83 bits per heavy atom. The first kappa shape index (κ1) is 13.4. The van der Waals surface area contributed by atoms with Crippen LogP contribution in [0.4, 0.5) is 0 Å². The fourth-order valence-corrected chi connectivity index (χ4v) is 2.82. The van der Waals surface area contributed by atoms with Gasteiger partial charge >= 0.3 is 0 Å². The highest BCUT2D eigenvalue weighted by Gasteiger charge is 2.22. The predicted molar refractivity (Wildman–Crippen MR) is 79.3 cm³/mol. The van der Waals surface area contributed by atoms with E-state index >= 15 is 0 Å². The molecule has 0 heterocycles. The number of allylic oxidation sites excluding steroid dienone is 5. The summed E-state index contributed by atoms with van der Waals surface area (Å²) in [7, 11) is 0. The van der Waals surface area contributed by atoms with Crippen molar-refractivity contribution in [2.24, 2.45) is 11.1 Å². The van der Waals surface area contributed by atoms with Crippen molar-refractivity contribution >= 4 is 0 Å². The van der Waals surface area contributed by atoms with Gasteiger partial charge in [0, 0.05) is 6.04 Å². The third-order valence-electron chi connectivity index (χ3n) is 3.68. The number of nitrogens with two attached hydrogens (primary N) is 1. The Labute approximate surface area is 111 Å². The quantitative estimate of drug-likeness (QED) is 0.769. The van der Waals surface area contributed by atoms with Crippen LogP contribution in [0.3, 0.4) is 0 Å². The molecule has 0 saturated carbocycles. The lowest BCUT2D eigenvalue weighted by Gasteiger charge is -2.21. The second kappa shape index (κ2) is 4.89. The SMILES string of the molecule is C=C(CC(C)(C)C)C1=CC2=C(C=CC1)[C@@H](N)CC2. The lowest BCUT2D eigenvalue weighted by Crippen LogP contribution is -2.17. The largest absolute Gasteiger partial charge is 0.324 e. The van der Waals surface area contributed by atoms with Crippen molar-refractivity contribution in [2.45, 2.75) is 52.5 Å². The van der Waals surface area contributed by atoms with Crippen LogP contribution in [0.1, 0.15) is 46.5 Å². The van der Waals surface area contributed by atoms with Gasteiger partial charge in [0.05, 0.1) is 0 Å². The molecule has 0 amide bonds. The molecule has 0 aromatic heterocycles. The van der Waals surface area contributed by atoms with Crippen molar-refractivity contribution in [3.8, 4) is 0 Å². The molecule has 0 fully saturated rings. The van der Waals surface area contributed by atoms with E-state index in [9.17, 15) is 0 Å². The summed E-state index contributed by atoms with van der Waals surface area (Å²) in [5.74, 6) is 0. The van der Waals surface area contributed by atoms with Crippen molar-refractivity contribution in [3.63, 3.8) is 0 Å². The lowest BCUT2D eigenvalue weighted by molar-refractivity contribution is 0.411. The Bertz CT molecular complexity index is 441. The van der Waals surface area contributed by atoms with Crippen LogP contribution in [0.2, 0.25) is 0 Å². The summed E-state index contributed by atoms with van der Waals surface area (Å²) >= 11 is 0. The van der Waals surface area contributed by atoms with E-state index in [0.29, 0.717) is 5.41 Å². The molecule has 0 bridgehead atoms. The Morgan fingerprint density at radius 2 is 2.17 bits per heavy atom. The van der Waals surface area contributed by atoms with Gasteiger partial charge in [0.1, 0.15) is 0 Å². The Hall–Kier alpha value is -1.08. The maximum absolute atomic E-state index is 6.12. The van der Waals surface area contributed by atoms with Gasteiger partial charge in [0.2, 0.25) is 0 Å². The summed E-state index contributed by atoms with van der Waals surface area (Å²) in [6.45, 7) is 11.1.